The van der Waals surface area contributed by atoms with E-state index in [0.29, 0.717) is 10.7 Å². The van der Waals surface area contributed by atoms with Gasteiger partial charge < -0.3 is 10.1 Å². The number of anilines is 1. The number of aromatic nitrogens is 2. The number of halogens is 1. The zero-order valence-corrected chi connectivity index (χ0v) is 13.8. The number of para-hydroxylation sites is 2. The largest absolute Gasteiger partial charge is 0.462 e. The van der Waals surface area contributed by atoms with E-state index < -0.39 is 6.10 Å². The molecular formula is C18H16ClN3O2. The van der Waals surface area contributed by atoms with Crippen molar-refractivity contribution < 1.29 is 9.53 Å². The quantitative estimate of drug-likeness (QED) is 0.765. The Morgan fingerprint density at radius 2 is 1.75 bits per heavy atom. The number of hydrogen-bond acceptors (Lipinski definition) is 3. The molecule has 1 N–H and O–H groups in total. The molecule has 1 atom stereocenters. The molecule has 5 nitrogen and oxygen atoms in total. The number of rotatable bonds is 5. The van der Waals surface area contributed by atoms with Crippen molar-refractivity contribution in [3.63, 3.8) is 0 Å². The van der Waals surface area contributed by atoms with Crippen molar-refractivity contribution in [1.29, 1.82) is 0 Å². The second kappa shape index (κ2) is 7.19. The van der Waals surface area contributed by atoms with Crippen molar-refractivity contribution in [3.8, 4) is 11.6 Å². The molecule has 0 radical (unpaired) electrons. The zero-order chi connectivity index (χ0) is 16.9. The van der Waals surface area contributed by atoms with Crippen LogP contribution in [0.25, 0.3) is 5.69 Å². The molecule has 0 bridgehead atoms. The van der Waals surface area contributed by atoms with Crippen LogP contribution in [-0.4, -0.2) is 21.8 Å². The van der Waals surface area contributed by atoms with Crippen LogP contribution in [0.4, 0.5) is 5.69 Å². The van der Waals surface area contributed by atoms with Gasteiger partial charge in [0.2, 0.25) is 0 Å². The minimum absolute atomic E-state index is 0.219. The van der Waals surface area contributed by atoms with Crippen LogP contribution in [-0.2, 0) is 4.79 Å². The van der Waals surface area contributed by atoms with Gasteiger partial charge in [-0.2, -0.15) is 0 Å². The molecule has 1 heterocycles. The third-order valence-electron chi connectivity index (χ3n) is 3.36. The second-order valence-electron chi connectivity index (χ2n) is 5.18. The number of nitrogens with one attached hydrogen (secondary N) is 1. The maximum atomic E-state index is 12.2. The second-order valence-corrected chi connectivity index (χ2v) is 5.58. The predicted octanol–water partition coefficient (Wildman–Crippen LogP) is 3.93. The molecule has 0 spiro atoms. The third kappa shape index (κ3) is 3.75. The van der Waals surface area contributed by atoms with Gasteiger partial charge in [0, 0.05) is 5.69 Å². The molecule has 3 aromatic rings. The molecule has 0 aliphatic carbocycles. The lowest BCUT2D eigenvalue weighted by Gasteiger charge is -2.13. The van der Waals surface area contributed by atoms with Crippen molar-refractivity contribution in [1.82, 2.24) is 9.78 Å². The lowest BCUT2D eigenvalue weighted by molar-refractivity contribution is -0.122. The molecule has 122 valence electrons. The monoisotopic (exact) mass is 341 g/mol. The van der Waals surface area contributed by atoms with Gasteiger partial charge >= 0.3 is 0 Å². The Kier molecular flexibility index (Phi) is 4.82. The summed E-state index contributed by atoms with van der Waals surface area (Å²) in [5, 5.41) is 7.42. The first kappa shape index (κ1) is 16.1. The Balaban J connectivity index is 1.69. The van der Waals surface area contributed by atoms with E-state index in [1.165, 1.54) is 0 Å². The average molecular weight is 342 g/mol. The fourth-order valence-corrected chi connectivity index (χ4v) is 2.29. The van der Waals surface area contributed by atoms with Gasteiger partial charge in [0.25, 0.3) is 11.8 Å². The SMILES string of the molecule is CC(Oc1nn(-c2ccccc2)cc1Cl)C(=O)Nc1ccccc1. The highest BCUT2D eigenvalue weighted by atomic mass is 35.5. The van der Waals surface area contributed by atoms with Crippen molar-refractivity contribution in [3.05, 3.63) is 71.9 Å². The molecule has 0 fully saturated rings. The average Bonchev–Trinajstić information content (AvgIpc) is 2.97. The first-order valence-electron chi connectivity index (χ1n) is 7.46. The summed E-state index contributed by atoms with van der Waals surface area (Å²) in [6, 6.07) is 18.7. The number of benzene rings is 2. The highest BCUT2D eigenvalue weighted by Gasteiger charge is 2.19. The van der Waals surface area contributed by atoms with Crippen molar-refractivity contribution in [2.24, 2.45) is 0 Å². The molecule has 6 heteroatoms. The molecule has 1 unspecified atom stereocenters. The Morgan fingerprint density at radius 3 is 2.42 bits per heavy atom. The van der Waals surface area contributed by atoms with Crippen molar-refractivity contribution >= 4 is 23.2 Å². The number of hydrogen-bond donors (Lipinski definition) is 1. The minimum atomic E-state index is -0.734. The molecule has 2 aromatic carbocycles. The first-order valence-corrected chi connectivity index (χ1v) is 7.84. The molecule has 0 saturated heterocycles. The van der Waals surface area contributed by atoms with E-state index in [0.717, 1.165) is 5.69 Å². The van der Waals surface area contributed by atoms with E-state index in [1.54, 1.807) is 17.8 Å². The summed E-state index contributed by atoms with van der Waals surface area (Å²) >= 11 is 6.16. The fourth-order valence-electron chi connectivity index (χ4n) is 2.12. The lowest BCUT2D eigenvalue weighted by atomic mass is 10.3. The minimum Gasteiger partial charge on any atom is -0.462 e. The van der Waals surface area contributed by atoms with Gasteiger partial charge in [-0.3, -0.25) is 4.79 Å². The number of nitrogens with zero attached hydrogens (tertiary/aromatic N) is 2. The summed E-state index contributed by atoms with van der Waals surface area (Å²) < 4.78 is 7.22. The van der Waals surface area contributed by atoms with E-state index >= 15 is 0 Å². The van der Waals surface area contributed by atoms with Crippen LogP contribution in [0.15, 0.2) is 66.9 Å². The van der Waals surface area contributed by atoms with Crippen LogP contribution >= 0.6 is 11.6 Å². The van der Waals surface area contributed by atoms with Crippen LogP contribution in [0.3, 0.4) is 0 Å². The number of carbonyl (C=O) groups excluding carboxylic acids is 1. The third-order valence-corrected chi connectivity index (χ3v) is 3.62. The van der Waals surface area contributed by atoms with E-state index in [-0.39, 0.29) is 11.8 Å². The standard InChI is InChI=1S/C18H16ClN3O2/c1-13(17(23)20-14-8-4-2-5-9-14)24-18-16(19)12-22(21-18)15-10-6-3-7-11-15/h2-13H,1H3,(H,20,23). The predicted molar refractivity (Wildman–Crippen MR) is 93.7 cm³/mol. The van der Waals surface area contributed by atoms with Gasteiger partial charge in [-0.1, -0.05) is 48.0 Å². The molecule has 0 saturated carbocycles. The maximum Gasteiger partial charge on any atom is 0.265 e. The van der Waals surface area contributed by atoms with Crippen LogP contribution < -0.4 is 10.1 Å². The van der Waals surface area contributed by atoms with Gasteiger partial charge in [0.05, 0.1) is 11.9 Å². The van der Waals surface area contributed by atoms with Gasteiger partial charge in [0.15, 0.2) is 6.10 Å². The Bertz CT molecular complexity index is 819. The van der Waals surface area contributed by atoms with Gasteiger partial charge in [-0.15, -0.1) is 5.10 Å². The molecule has 1 amide bonds. The van der Waals surface area contributed by atoms with Gasteiger partial charge in [-0.25, -0.2) is 4.68 Å². The Labute approximate surface area is 144 Å². The number of carbonyl (C=O) groups is 1. The van der Waals surface area contributed by atoms with Crippen LogP contribution in [0.5, 0.6) is 5.88 Å². The zero-order valence-electron chi connectivity index (χ0n) is 13.0. The Morgan fingerprint density at radius 1 is 1.12 bits per heavy atom. The first-order chi connectivity index (χ1) is 11.6. The maximum absolute atomic E-state index is 12.2. The summed E-state index contributed by atoms with van der Waals surface area (Å²) in [5.74, 6) is -0.0530. The number of amides is 1. The molecular weight excluding hydrogens is 326 g/mol. The Hall–Kier alpha value is -2.79. The number of ether oxygens (including phenoxy) is 1. The summed E-state index contributed by atoms with van der Waals surface area (Å²) in [6.07, 6.45) is 0.912. The normalized spacial score (nSPS) is 11.8. The van der Waals surface area contributed by atoms with Crippen molar-refractivity contribution in [2.45, 2.75) is 13.0 Å². The highest BCUT2D eigenvalue weighted by molar-refractivity contribution is 6.31. The topological polar surface area (TPSA) is 56.2 Å². The van der Waals surface area contributed by atoms with E-state index in [2.05, 4.69) is 10.4 Å². The van der Waals surface area contributed by atoms with Gasteiger partial charge in [0.1, 0.15) is 5.02 Å². The highest BCUT2D eigenvalue weighted by Crippen LogP contribution is 2.25. The summed E-state index contributed by atoms with van der Waals surface area (Å²) in [6.45, 7) is 1.65. The molecule has 24 heavy (non-hydrogen) atoms. The van der Waals surface area contributed by atoms with E-state index in [4.69, 9.17) is 16.3 Å². The lowest BCUT2D eigenvalue weighted by Crippen LogP contribution is -2.30. The molecule has 3 rings (SSSR count). The van der Waals surface area contributed by atoms with Gasteiger partial charge in [-0.05, 0) is 31.2 Å². The van der Waals surface area contributed by atoms with E-state index in [1.807, 2.05) is 60.7 Å². The smallest absolute Gasteiger partial charge is 0.265 e. The van der Waals surface area contributed by atoms with Crippen LogP contribution in [0, 0.1) is 0 Å². The van der Waals surface area contributed by atoms with Crippen LogP contribution in [0.2, 0.25) is 5.02 Å². The fraction of sp³-hybridized carbons (Fsp3) is 0.111. The van der Waals surface area contributed by atoms with E-state index in [9.17, 15) is 4.79 Å². The summed E-state index contributed by atoms with van der Waals surface area (Å²) in [5.41, 5.74) is 1.56. The molecule has 0 aliphatic heterocycles. The molecule has 1 aromatic heterocycles. The summed E-state index contributed by atoms with van der Waals surface area (Å²) in [7, 11) is 0. The van der Waals surface area contributed by atoms with Crippen molar-refractivity contribution in [2.75, 3.05) is 5.32 Å². The molecule has 0 aliphatic rings. The summed E-state index contributed by atoms with van der Waals surface area (Å²) in [4.78, 5) is 12.2. The van der Waals surface area contributed by atoms with Crippen LogP contribution in [0.1, 0.15) is 6.92 Å².